The summed E-state index contributed by atoms with van der Waals surface area (Å²) < 4.78 is 45.6. The minimum absolute atomic E-state index is 0.0395. The highest BCUT2D eigenvalue weighted by molar-refractivity contribution is 7.69. The molecule has 0 unspecified atom stereocenters. The number of hydrogen-bond acceptors (Lipinski definition) is 7. The highest BCUT2D eigenvalue weighted by Crippen LogP contribution is 2.65. The molecular formula is C20H38N2O7P2. The fraction of sp³-hybridized carbons (Fsp3) is 0.700. The highest BCUT2D eigenvalue weighted by Gasteiger charge is 2.46. The Bertz CT molecular complexity index is 679. The molecule has 0 bridgehead atoms. The van der Waals surface area contributed by atoms with E-state index in [4.69, 9.17) is 13.8 Å². The van der Waals surface area contributed by atoms with Gasteiger partial charge in [-0.15, -0.1) is 13.2 Å². The molecule has 0 saturated heterocycles. The van der Waals surface area contributed by atoms with Crippen molar-refractivity contribution in [3.8, 4) is 0 Å². The van der Waals surface area contributed by atoms with Gasteiger partial charge < -0.3 is 9.47 Å². The van der Waals surface area contributed by atoms with Crippen LogP contribution in [-0.2, 0) is 32.5 Å². The number of methoxy groups -OCH3 is 2. The van der Waals surface area contributed by atoms with Crippen LogP contribution in [0.2, 0.25) is 0 Å². The molecule has 180 valence electrons. The van der Waals surface area contributed by atoms with Gasteiger partial charge in [0.15, 0.2) is 0 Å². The zero-order valence-electron chi connectivity index (χ0n) is 19.9. The molecule has 0 aromatic carbocycles. The van der Waals surface area contributed by atoms with Gasteiger partial charge in [-0.05, 0) is 11.8 Å². The first-order valence-electron chi connectivity index (χ1n) is 9.99. The van der Waals surface area contributed by atoms with Crippen LogP contribution in [0.5, 0.6) is 0 Å². The summed E-state index contributed by atoms with van der Waals surface area (Å²) in [7, 11) is -5.18. The minimum Gasteiger partial charge on any atom is -0.468 e. The first-order valence-corrected chi connectivity index (χ1v) is 14.0. The van der Waals surface area contributed by atoms with E-state index >= 15 is 0 Å². The molecule has 0 fully saturated rings. The lowest BCUT2D eigenvalue weighted by Crippen LogP contribution is -2.45. The van der Waals surface area contributed by atoms with Crippen molar-refractivity contribution < 1.29 is 32.5 Å². The Kier molecular flexibility index (Phi) is 12.2. The second kappa shape index (κ2) is 12.7. The van der Waals surface area contributed by atoms with Gasteiger partial charge in [-0.3, -0.25) is 18.7 Å². The Morgan fingerprint density at radius 3 is 1.29 bits per heavy atom. The first kappa shape index (κ1) is 29.8. The van der Waals surface area contributed by atoms with E-state index in [0.29, 0.717) is 0 Å². The lowest BCUT2D eigenvalue weighted by Gasteiger charge is -2.40. The molecule has 0 aliphatic carbocycles. The fourth-order valence-corrected chi connectivity index (χ4v) is 8.78. The Labute approximate surface area is 186 Å². The van der Waals surface area contributed by atoms with Crippen LogP contribution in [0.4, 0.5) is 0 Å². The molecule has 31 heavy (non-hydrogen) atoms. The van der Waals surface area contributed by atoms with Crippen molar-refractivity contribution in [1.82, 2.24) is 9.34 Å². The van der Waals surface area contributed by atoms with Gasteiger partial charge in [-0.25, -0.2) is 13.7 Å². The second-order valence-corrected chi connectivity index (χ2v) is 12.8. The summed E-state index contributed by atoms with van der Waals surface area (Å²) in [6, 6.07) is -1.82. The molecule has 0 heterocycles. The molecule has 0 amide bonds. The summed E-state index contributed by atoms with van der Waals surface area (Å²) in [6.07, 6.45) is 2.95. The monoisotopic (exact) mass is 480 g/mol. The molecule has 9 nitrogen and oxygen atoms in total. The van der Waals surface area contributed by atoms with E-state index in [9.17, 15) is 18.7 Å². The molecule has 0 radical (unpaired) electrons. The lowest BCUT2D eigenvalue weighted by atomic mass is 10.0. The van der Waals surface area contributed by atoms with E-state index in [2.05, 4.69) is 13.2 Å². The van der Waals surface area contributed by atoms with Gasteiger partial charge in [0.05, 0.1) is 14.2 Å². The quantitative estimate of drug-likeness (QED) is 0.207. The molecule has 0 aliphatic heterocycles. The van der Waals surface area contributed by atoms with Gasteiger partial charge in [-0.2, -0.15) is 0 Å². The van der Waals surface area contributed by atoms with Crippen LogP contribution in [-0.4, -0.2) is 74.0 Å². The van der Waals surface area contributed by atoms with E-state index in [-0.39, 0.29) is 24.9 Å². The largest absolute Gasteiger partial charge is 0.468 e. The van der Waals surface area contributed by atoms with E-state index in [1.54, 1.807) is 27.7 Å². The number of rotatable bonds is 14. The molecule has 0 rings (SSSR count). The van der Waals surface area contributed by atoms with Gasteiger partial charge in [-0.1, -0.05) is 39.8 Å². The van der Waals surface area contributed by atoms with E-state index in [0.717, 1.165) is 0 Å². The maximum atomic E-state index is 13.7. The van der Waals surface area contributed by atoms with Crippen LogP contribution in [0.25, 0.3) is 0 Å². The predicted octanol–water partition coefficient (Wildman–Crippen LogP) is 4.02. The van der Waals surface area contributed by atoms with Gasteiger partial charge in [0.25, 0.3) is 15.0 Å². The lowest BCUT2D eigenvalue weighted by molar-refractivity contribution is -0.147. The maximum absolute atomic E-state index is 13.7. The normalized spacial score (nSPS) is 17.7. The topological polar surface area (TPSA) is 102 Å². The Morgan fingerprint density at radius 1 is 0.806 bits per heavy atom. The first-order chi connectivity index (χ1) is 14.2. The summed E-state index contributed by atoms with van der Waals surface area (Å²) in [4.78, 5) is 24.8. The summed E-state index contributed by atoms with van der Waals surface area (Å²) in [6.45, 7) is 17.1. The fourth-order valence-electron chi connectivity index (χ4n) is 3.33. The van der Waals surface area contributed by atoms with E-state index in [1.807, 2.05) is 0 Å². The van der Waals surface area contributed by atoms with E-state index < -0.39 is 39.1 Å². The molecule has 0 aromatic heterocycles. The molecule has 0 aromatic rings. The van der Waals surface area contributed by atoms with Crippen LogP contribution in [0, 0.1) is 11.8 Å². The minimum atomic E-state index is -3.83. The molecule has 11 heteroatoms. The van der Waals surface area contributed by atoms with Crippen molar-refractivity contribution in [2.24, 2.45) is 11.8 Å². The second-order valence-electron chi connectivity index (χ2n) is 7.93. The molecular weight excluding hydrogens is 442 g/mol. The number of carbonyl (C=O) groups excluding carboxylic acids is 2. The Morgan fingerprint density at radius 2 is 1.10 bits per heavy atom. The molecule has 0 saturated carbocycles. The SMILES string of the molecule is C=CCN([C@H](C(=O)OC)C(C)C)[P@](C)(=O)O[P@@](C)(=O)N(CC=C)[C@H](C(=O)OC)C(C)C. The van der Waals surface area contributed by atoms with Crippen molar-refractivity contribution in [3.05, 3.63) is 25.3 Å². The zero-order valence-corrected chi connectivity index (χ0v) is 21.7. The summed E-state index contributed by atoms with van der Waals surface area (Å²) in [5.41, 5.74) is 0. The third-order valence-corrected chi connectivity index (χ3v) is 9.77. The van der Waals surface area contributed by atoms with Crippen LogP contribution >= 0.6 is 15.0 Å². The highest BCUT2D eigenvalue weighted by atomic mass is 31.2. The number of hydrogen-bond donors (Lipinski definition) is 0. The maximum Gasteiger partial charge on any atom is 0.323 e. The third kappa shape index (κ3) is 7.99. The zero-order chi connectivity index (χ0) is 24.6. The van der Waals surface area contributed by atoms with Gasteiger partial charge in [0, 0.05) is 26.4 Å². The Hall–Kier alpha value is -1.24. The van der Waals surface area contributed by atoms with Crippen LogP contribution in [0.15, 0.2) is 25.3 Å². The van der Waals surface area contributed by atoms with Crippen molar-refractivity contribution in [1.29, 1.82) is 0 Å². The number of esters is 2. The standard InChI is InChI=1S/C20H38N2O7P2/c1-11-13-21(17(15(3)4)19(23)27-7)30(9,25)29-31(10,26)22(14-12-2)18(16(5)6)20(24)28-8/h11-12,15-18H,1-2,13-14H2,3-10H3/t17-,18-,30+,31+/m0/s1. The van der Waals surface area contributed by atoms with Gasteiger partial charge in [0.1, 0.15) is 12.1 Å². The van der Waals surface area contributed by atoms with Crippen molar-refractivity contribution in [2.45, 2.75) is 39.8 Å². The van der Waals surface area contributed by atoms with Crippen LogP contribution in [0.1, 0.15) is 27.7 Å². The summed E-state index contributed by atoms with van der Waals surface area (Å²) in [5, 5.41) is 0. The molecule has 0 N–H and O–H groups in total. The van der Waals surface area contributed by atoms with Crippen molar-refractivity contribution in [3.63, 3.8) is 0 Å². The van der Waals surface area contributed by atoms with Crippen LogP contribution < -0.4 is 0 Å². The summed E-state index contributed by atoms with van der Waals surface area (Å²) in [5.74, 6) is -1.73. The van der Waals surface area contributed by atoms with Gasteiger partial charge >= 0.3 is 11.9 Å². The van der Waals surface area contributed by atoms with E-state index in [1.165, 1.54) is 49.0 Å². The Balaban J connectivity index is 6.32. The predicted molar refractivity (Wildman–Crippen MR) is 123 cm³/mol. The molecule has 0 spiro atoms. The van der Waals surface area contributed by atoms with Crippen molar-refractivity contribution >= 4 is 27.0 Å². The summed E-state index contributed by atoms with van der Waals surface area (Å²) >= 11 is 0. The third-order valence-electron chi connectivity index (χ3n) is 4.66. The smallest absolute Gasteiger partial charge is 0.323 e. The molecule has 4 atom stereocenters. The van der Waals surface area contributed by atoms with Gasteiger partial charge in [0.2, 0.25) is 0 Å². The van der Waals surface area contributed by atoms with Crippen LogP contribution in [0.3, 0.4) is 0 Å². The average Bonchev–Trinajstić information content (AvgIpc) is 2.65. The number of carbonyl (C=O) groups is 2. The van der Waals surface area contributed by atoms with Crippen molar-refractivity contribution in [2.75, 3.05) is 40.6 Å². The number of ether oxygens (including phenoxy) is 2. The average molecular weight is 480 g/mol. The number of nitrogens with zero attached hydrogens (tertiary/aromatic N) is 2. The molecule has 0 aliphatic rings.